The lowest BCUT2D eigenvalue weighted by molar-refractivity contribution is -0.214. The molecule has 1 N–H and O–H groups in total. The van der Waals surface area contributed by atoms with Gasteiger partial charge in [-0.2, -0.15) is 5.06 Å². The molecule has 0 bridgehead atoms. The van der Waals surface area contributed by atoms with Gasteiger partial charge < -0.3 is 5.11 Å². The van der Waals surface area contributed by atoms with Crippen molar-refractivity contribution in [2.45, 2.75) is 65.9 Å². The van der Waals surface area contributed by atoms with Gasteiger partial charge >= 0.3 is 5.97 Å². The fourth-order valence-corrected chi connectivity index (χ4v) is 2.56. The van der Waals surface area contributed by atoms with Gasteiger partial charge in [-0.15, -0.1) is 0 Å². The zero-order chi connectivity index (χ0) is 14.5. The summed E-state index contributed by atoms with van der Waals surface area (Å²) in [5.74, 6) is -1.06. The van der Waals surface area contributed by atoms with Crippen molar-refractivity contribution in [3.63, 3.8) is 0 Å². The van der Waals surface area contributed by atoms with Crippen molar-refractivity contribution in [1.29, 1.82) is 0 Å². The van der Waals surface area contributed by atoms with E-state index in [2.05, 4.69) is 13.8 Å². The molecule has 0 radical (unpaired) electrons. The van der Waals surface area contributed by atoms with Crippen LogP contribution in [0.5, 0.6) is 0 Å². The lowest BCUT2D eigenvalue weighted by Gasteiger charge is -2.36. The molecule has 0 aromatic carbocycles. The number of carboxylic acids is 1. The minimum absolute atomic E-state index is 0.263. The molecule has 1 unspecified atom stereocenters. The fraction of sp³-hybridized carbons (Fsp3) is 0.933. The Labute approximate surface area is 117 Å². The smallest absolute Gasteiger partial charge is 0.307 e. The van der Waals surface area contributed by atoms with E-state index in [4.69, 9.17) is 9.94 Å². The van der Waals surface area contributed by atoms with Crippen LogP contribution in [-0.4, -0.2) is 35.3 Å². The zero-order valence-electron chi connectivity index (χ0n) is 12.8. The Morgan fingerprint density at radius 3 is 2.37 bits per heavy atom. The highest BCUT2D eigenvalue weighted by atomic mass is 16.7. The molecule has 1 atom stereocenters. The molecule has 1 aliphatic rings. The van der Waals surface area contributed by atoms with Crippen molar-refractivity contribution in [2.24, 2.45) is 11.3 Å². The summed E-state index contributed by atoms with van der Waals surface area (Å²) in [5.41, 5.74) is 0.434. The summed E-state index contributed by atoms with van der Waals surface area (Å²) in [7, 11) is 0. The van der Waals surface area contributed by atoms with Gasteiger partial charge in [0.2, 0.25) is 0 Å². The molecular formula is C15H29NO3. The average Bonchev–Trinajstić information content (AvgIpc) is 2.36. The van der Waals surface area contributed by atoms with Gasteiger partial charge in [0.1, 0.15) is 0 Å². The molecule has 1 aliphatic carbocycles. The number of aliphatic carboxylic acids is 1. The third-order valence-electron chi connectivity index (χ3n) is 4.20. The molecule has 0 heterocycles. The number of rotatable bonds is 7. The molecule has 0 saturated heterocycles. The highest BCUT2D eigenvalue weighted by molar-refractivity contribution is 5.70. The predicted octanol–water partition coefficient (Wildman–Crippen LogP) is 3.32. The average molecular weight is 271 g/mol. The Morgan fingerprint density at radius 2 is 1.95 bits per heavy atom. The maximum absolute atomic E-state index is 11.1. The largest absolute Gasteiger partial charge is 0.481 e. The molecule has 0 spiro atoms. The molecule has 112 valence electrons. The standard InChI is InChI=1S/C15H29NO3/c1-5-12(14(17)18)11-16(6-2)19-13-7-9-15(3,4)10-8-13/h12-13H,5-11H2,1-4H3,(H,17,18). The predicted molar refractivity (Wildman–Crippen MR) is 75.8 cm³/mol. The Bertz CT molecular complexity index is 281. The van der Waals surface area contributed by atoms with E-state index in [1.54, 1.807) is 0 Å². The normalized spacial score (nSPS) is 21.5. The van der Waals surface area contributed by atoms with Crippen LogP contribution in [0.4, 0.5) is 0 Å². The summed E-state index contributed by atoms with van der Waals surface area (Å²) in [6.45, 7) is 9.76. The summed E-state index contributed by atoms with van der Waals surface area (Å²) in [4.78, 5) is 17.1. The number of hydrogen-bond donors (Lipinski definition) is 1. The van der Waals surface area contributed by atoms with Crippen LogP contribution in [0.25, 0.3) is 0 Å². The monoisotopic (exact) mass is 271 g/mol. The van der Waals surface area contributed by atoms with Crippen molar-refractivity contribution >= 4 is 5.97 Å². The van der Waals surface area contributed by atoms with E-state index >= 15 is 0 Å². The van der Waals surface area contributed by atoms with Crippen LogP contribution in [0.3, 0.4) is 0 Å². The van der Waals surface area contributed by atoms with Crippen LogP contribution in [0.1, 0.15) is 59.8 Å². The first-order chi connectivity index (χ1) is 8.88. The van der Waals surface area contributed by atoms with Crippen LogP contribution in [0, 0.1) is 11.3 Å². The van der Waals surface area contributed by atoms with Gasteiger partial charge in [-0.25, -0.2) is 0 Å². The molecule has 0 aliphatic heterocycles. The highest BCUT2D eigenvalue weighted by Crippen LogP contribution is 2.36. The number of hydrogen-bond acceptors (Lipinski definition) is 3. The Balaban J connectivity index is 2.42. The number of hydroxylamine groups is 2. The summed E-state index contributed by atoms with van der Waals surface area (Å²) >= 11 is 0. The van der Waals surface area contributed by atoms with E-state index in [0.717, 1.165) is 19.4 Å². The second-order valence-corrected chi connectivity index (χ2v) is 6.39. The van der Waals surface area contributed by atoms with E-state index < -0.39 is 5.97 Å². The van der Waals surface area contributed by atoms with Crippen LogP contribution < -0.4 is 0 Å². The maximum atomic E-state index is 11.1. The number of carboxylic acid groups (broad SMARTS) is 1. The topological polar surface area (TPSA) is 49.8 Å². The second-order valence-electron chi connectivity index (χ2n) is 6.39. The molecule has 0 amide bonds. The summed E-state index contributed by atoms with van der Waals surface area (Å²) in [5, 5.41) is 10.9. The second kappa shape index (κ2) is 7.25. The molecule has 4 heteroatoms. The molecule has 1 rings (SSSR count). The van der Waals surface area contributed by atoms with E-state index in [9.17, 15) is 4.79 Å². The lowest BCUT2D eigenvalue weighted by Crippen LogP contribution is -2.38. The molecule has 1 fully saturated rings. The number of nitrogens with zero attached hydrogens (tertiary/aromatic N) is 1. The fourth-order valence-electron chi connectivity index (χ4n) is 2.56. The van der Waals surface area contributed by atoms with E-state index in [0.29, 0.717) is 18.4 Å². The van der Waals surface area contributed by atoms with E-state index in [-0.39, 0.29) is 12.0 Å². The van der Waals surface area contributed by atoms with Crippen LogP contribution in [-0.2, 0) is 9.63 Å². The number of carbonyl (C=O) groups is 1. The third kappa shape index (κ3) is 5.49. The molecule has 19 heavy (non-hydrogen) atoms. The summed E-state index contributed by atoms with van der Waals surface area (Å²) in [6.07, 6.45) is 5.43. The Hall–Kier alpha value is -0.610. The first-order valence-corrected chi connectivity index (χ1v) is 7.52. The first-order valence-electron chi connectivity index (χ1n) is 7.52. The maximum Gasteiger partial charge on any atom is 0.307 e. The SMILES string of the molecule is CCC(CN(CC)OC1CCC(C)(C)CC1)C(=O)O. The lowest BCUT2D eigenvalue weighted by atomic mass is 9.76. The minimum atomic E-state index is -0.727. The van der Waals surface area contributed by atoms with Gasteiger partial charge in [0.25, 0.3) is 0 Å². The van der Waals surface area contributed by atoms with Crippen molar-refractivity contribution < 1.29 is 14.7 Å². The zero-order valence-corrected chi connectivity index (χ0v) is 12.8. The Morgan fingerprint density at radius 1 is 1.37 bits per heavy atom. The van der Waals surface area contributed by atoms with E-state index in [1.165, 1.54) is 12.8 Å². The van der Waals surface area contributed by atoms with Crippen molar-refractivity contribution in [1.82, 2.24) is 5.06 Å². The molecule has 4 nitrogen and oxygen atoms in total. The summed E-state index contributed by atoms with van der Waals surface area (Å²) < 4.78 is 0. The van der Waals surface area contributed by atoms with E-state index in [1.807, 2.05) is 18.9 Å². The molecule has 0 aromatic heterocycles. The minimum Gasteiger partial charge on any atom is -0.481 e. The van der Waals surface area contributed by atoms with Gasteiger partial charge in [-0.05, 0) is 37.5 Å². The van der Waals surface area contributed by atoms with Crippen molar-refractivity contribution in [2.75, 3.05) is 13.1 Å². The van der Waals surface area contributed by atoms with Gasteiger partial charge in [0, 0.05) is 13.1 Å². The molecule has 0 aromatic rings. The van der Waals surface area contributed by atoms with Crippen molar-refractivity contribution in [3.8, 4) is 0 Å². The van der Waals surface area contributed by atoms with Crippen molar-refractivity contribution in [3.05, 3.63) is 0 Å². The van der Waals surface area contributed by atoms with Crippen LogP contribution in [0.15, 0.2) is 0 Å². The third-order valence-corrected chi connectivity index (χ3v) is 4.20. The highest BCUT2D eigenvalue weighted by Gasteiger charge is 2.29. The van der Waals surface area contributed by atoms with Gasteiger partial charge in [-0.3, -0.25) is 9.63 Å². The molecular weight excluding hydrogens is 242 g/mol. The first kappa shape index (κ1) is 16.4. The van der Waals surface area contributed by atoms with Gasteiger partial charge in [0.05, 0.1) is 12.0 Å². The van der Waals surface area contributed by atoms with Gasteiger partial charge in [-0.1, -0.05) is 27.7 Å². The van der Waals surface area contributed by atoms with Crippen LogP contribution >= 0.6 is 0 Å². The van der Waals surface area contributed by atoms with Gasteiger partial charge in [0.15, 0.2) is 0 Å². The summed E-state index contributed by atoms with van der Waals surface area (Å²) in [6, 6.07) is 0. The van der Waals surface area contributed by atoms with Crippen LogP contribution in [0.2, 0.25) is 0 Å². The quantitative estimate of drug-likeness (QED) is 0.722. The Kier molecular flexibility index (Phi) is 6.27. The molecule has 1 saturated carbocycles.